The highest BCUT2D eigenvalue weighted by molar-refractivity contribution is 8.00. The van der Waals surface area contributed by atoms with Gasteiger partial charge in [0.25, 0.3) is 0 Å². The van der Waals surface area contributed by atoms with E-state index in [1.165, 1.54) is 50.5 Å². The molecule has 7 atom stereocenters. The van der Waals surface area contributed by atoms with Gasteiger partial charge in [-0.15, -0.1) is 11.8 Å². The number of hydrogen-bond donors (Lipinski definition) is 11. The van der Waals surface area contributed by atoms with Crippen LogP contribution in [-0.4, -0.2) is 157 Å². The van der Waals surface area contributed by atoms with Crippen molar-refractivity contribution in [2.24, 2.45) is 5.92 Å². The first-order chi connectivity index (χ1) is 33.2. The maximum atomic E-state index is 14.3. The molecular weight excluding hydrogens is 939 g/mol. The Morgan fingerprint density at radius 2 is 1.13 bits per heavy atom. The first kappa shape index (κ1) is 56.9. The van der Waals surface area contributed by atoms with Crippen LogP contribution in [0.25, 0.3) is 0 Å². The third kappa shape index (κ3) is 20.0. The summed E-state index contributed by atoms with van der Waals surface area (Å²) >= 11 is 0.794. The van der Waals surface area contributed by atoms with Crippen LogP contribution in [0.4, 0.5) is 0 Å². The zero-order chi connectivity index (χ0) is 51.9. The number of carbonyl (C=O) groups excluding carboxylic acids is 7. The predicted molar refractivity (Wildman–Crippen MR) is 249 cm³/mol. The van der Waals surface area contributed by atoms with E-state index < -0.39 is 133 Å². The van der Waals surface area contributed by atoms with Gasteiger partial charge in [0, 0.05) is 31.0 Å². The van der Waals surface area contributed by atoms with E-state index in [0.29, 0.717) is 16.7 Å². The lowest BCUT2D eigenvalue weighted by atomic mass is 10.0. The van der Waals surface area contributed by atoms with Crippen LogP contribution >= 0.6 is 11.8 Å². The van der Waals surface area contributed by atoms with Crippen molar-refractivity contribution in [1.29, 1.82) is 0 Å². The van der Waals surface area contributed by atoms with Gasteiger partial charge >= 0.3 is 17.9 Å². The highest BCUT2D eigenvalue weighted by atomic mass is 32.2. The number of aryl methyl sites for hydroxylation is 1. The van der Waals surface area contributed by atoms with Crippen molar-refractivity contribution in [3.05, 3.63) is 95.3 Å². The molecule has 3 rings (SSSR count). The molecule has 0 aliphatic carbocycles. The largest absolute Gasteiger partial charge is 0.482 e. The van der Waals surface area contributed by atoms with E-state index in [-0.39, 0.29) is 30.8 Å². The summed E-state index contributed by atoms with van der Waals surface area (Å²) in [6.07, 6.45) is 1.49. The van der Waals surface area contributed by atoms with Crippen molar-refractivity contribution < 1.29 is 78.2 Å². The fourth-order valence-electron chi connectivity index (χ4n) is 6.39. The van der Waals surface area contributed by atoms with Crippen LogP contribution in [0.3, 0.4) is 0 Å². The highest BCUT2D eigenvalue weighted by Crippen LogP contribution is 2.15. The van der Waals surface area contributed by atoms with Crippen molar-refractivity contribution in [3.8, 4) is 5.75 Å². The molecule has 0 aliphatic heterocycles. The number of carbonyl (C=O) groups is 10. The number of carboxylic acids is 3. The van der Waals surface area contributed by atoms with Gasteiger partial charge < -0.3 is 62.2 Å². The van der Waals surface area contributed by atoms with Gasteiger partial charge in [0.2, 0.25) is 35.4 Å². The summed E-state index contributed by atoms with van der Waals surface area (Å²) in [6, 6.07) is 6.94. The Morgan fingerprint density at radius 3 is 1.69 bits per heavy atom. The number of amides is 6. The van der Waals surface area contributed by atoms with Crippen LogP contribution in [-0.2, 0) is 67.2 Å². The molecule has 70 heavy (non-hydrogen) atoms. The number of aliphatic hydroxyl groups excluding tert-OH is 2. The molecule has 0 saturated carbocycles. The average Bonchev–Trinajstić information content (AvgIpc) is 3.31. The van der Waals surface area contributed by atoms with E-state index in [4.69, 9.17) is 9.84 Å². The first-order valence-corrected chi connectivity index (χ1v) is 22.8. The summed E-state index contributed by atoms with van der Waals surface area (Å²) in [5, 5.41) is 61.5. The molecule has 24 heteroatoms. The number of carboxylic acid groups (broad SMARTS) is 3. The maximum absolute atomic E-state index is 14.3. The Kier molecular flexibility index (Phi) is 23.4. The lowest BCUT2D eigenvalue weighted by molar-refractivity contribution is -0.143. The number of rotatable bonds is 30. The number of nitrogens with zero attached hydrogens (tertiary/aromatic N) is 1. The van der Waals surface area contributed by atoms with Gasteiger partial charge in [-0.2, -0.15) is 0 Å². The van der Waals surface area contributed by atoms with Crippen LogP contribution in [0.1, 0.15) is 42.5 Å². The minimum absolute atomic E-state index is 0.0542. The number of aliphatic hydroxyl groups is 2. The Morgan fingerprint density at radius 1 is 0.600 bits per heavy atom. The Balaban J connectivity index is 1.91. The third-order valence-corrected chi connectivity index (χ3v) is 11.2. The number of hydrogen-bond acceptors (Lipinski definition) is 15. The van der Waals surface area contributed by atoms with Gasteiger partial charge in [0.15, 0.2) is 12.4 Å². The molecule has 0 unspecified atom stereocenters. The van der Waals surface area contributed by atoms with Crippen LogP contribution < -0.4 is 36.6 Å². The second-order valence-electron chi connectivity index (χ2n) is 16.0. The molecule has 23 nitrogen and oxygen atoms in total. The second-order valence-corrected chi connectivity index (χ2v) is 17.1. The quantitative estimate of drug-likeness (QED) is 0.0354. The summed E-state index contributed by atoms with van der Waals surface area (Å²) in [5.74, 6) is -11.9. The number of pyridine rings is 1. The minimum Gasteiger partial charge on any atom is -0.482 e. The van der Waals surface area contributed by atoms with E-state index in [2.05, 4.69) is 36.9 Å². The van der Waals surface area contributed by atoms with Gasteiger partial charge in [-0.1, -0.05) is 48.9 Å². The number of ether oxygens (including phenoxy) is 1. The van der Waals surface area contributed by atoms with Gasteiger partial charge in [0.05, 0.1) is 37.3 Å². The maximum Gasteiger partial charge on any atom is 0.341 e. The standard InChI is InChI=1S/C46H57N7O16S/c1-25-5-4-6-30(15-25)18-32(27(3)56)49-44(65)35(19-39(58)59)51-43(64)34(16-28-7-9-31(10-8-28)69-22-40(60)61)50-42(63)33(17-29-11-13-47-14-12-29)48-38(57)24-70-23-37(53-41(62)26(2)20-54)45(66)52-36(21-55)46(67)68/h4-15,26,32-37,54-55H,16-24H2,1-3H3,(H,48,57)(H,49,65)(H,50,63)(H,51,64)(H,52,66)(H,53,62)(H,58,59)(H,60,61)(H,67,68)/t26-,32-,33-,34-,35-,36-,37-/m0/s1. The molecule has 3 aromatic rings. The molecular formula is C46H57N7O16S. The van der Waals surface area contributed by atoms with Gasteiger partial charge in [0.1, 0.15) is 36.0 Å². The molecule has 0 bridgehead atoms. The topological polar surface area (TPSA) is 366 Å². The van der Waals surface area contributed by atoms with Crippen molar-refractivity contribution in [2.75, 3.05) is 31.3 Å². The number of nitrogens with one attached hydrogen (secondary N) is 6. The summed E-state index contributed by atoms with van der Waals surface area (Å²) in [5.41, 5.74) is 2.46. The zero-order valence-electron chi connectivity index (χ0n) is 38.4. The summed E-state index contributed by atoms with van der Waals surface area (Å²) in [4.78, 5) is 132. The van der Waals surface area contributed by atoms with Crippen LogP contribution in [0, 0.1) is 12.8 Å². The number of aliphatic carboxylic acids is 3. The van der Waals surface area contributed by atoms with Crippen molar-refractivity contribution in [2.45, 2.75) is 82.7 Å². The van der Waals surface area contributed by atoms with E-state index >= 15 is 0 Å². The lowest BCUT2D eigenvalue weighted by Crippen LogP contribution is -2.59. The van der Waals surface area contributed by atoms with Gasteiger partial charge in [-0.05, 0) is 61.2 Å². The van der Waals surface area contributed by atoms with Gasteiger partial charge in [-0.25, -0.2) is 9.59 Å². The van der Waals surface area contributed by atoms with Crippen LogP contribution in [0.2, 0.25) is 0 Å². The van der Waals surface area contributed by atoms with E-state index in [9.17, 15) is 68.4 Å². The third-order valence-electron chi connectivity index (χ3n) is 10.2. The molecule has 0 saturated heterocycles. The molecule has 11 N–H and O–H groups in total. The average molecular weight is 996 g/mol. The molecule has 0 aliphatic rings. The van der Waals surface area contributed by atoms with Crippen LogP contribution in [0.5, 0.6) is 5.75 Å². The Hall–Kier alpha value is -7.44. The summed E-state index contributed by atoms with van der Waals surface area (Å²) in [6.45, 7) is 2.23. The number of thioether (sulfide) groups is 1. The molecule has 0 fully saturated rings. The Labute approximate surface area is 405 Å². The molecule has 0 spiro atoms. The fraction of sp³-hybridized carbons (Fsp3) is 0.413. The second kappa shape index (κ2) is 28.8. The van der Waals surface area contributed by atoms with Crippen LogP contribution in [0.15, 0.2) is 73.1 Å². The van der Waals surface area contributed by atoms with Crippen molar-refractivity contribution >= 4 is 70.9 Å². The first-order valence-electron chi connectivity index (χ1n) is 21.6. The zero-order valence-corrected chi connectivity index (χ0v) is 39.2. The van der Waals surface area contributed by atoms with Gasteiger partial charge in [-0.3, -0.25) is 43.3 Å². The van der Waals surface area contributed by atoms with Crippen molar-refractivity contribution in [1.82, 2.24) is 36.9 Å². The van der Waals surface area contributed by atoms with Crippen molar-refractivity contribution in [3.63, 3.8) is 0 Å². The van der Waals surface area contributed by atoms with E-state index in [1.54, 1.807) is 30.3 Å². The smallest absolute Gasteiger partial charge is 0.341 e. The molecule has 6 amide bonds. The summed E-state index contributed by atoms with van der Waals surface area (Å²) in [7, 11) is 0. The monoisotopic (exact) mass is 995 g/mol. The predicted octanol–water partition coefficient (Wildman–Crippen LogP) is -1.71. The fourth-order valence-corrected chi connectivity index (χ4v) is 7.25. The molecule has 2 aromatic carbocycles. The highest BCUT2D eigenvalue weighted by Gasteiger charge is 2.33. The SMILES string of the molecule is CC(=O)[C@H](Cc1cccc(C)c1)NC(=O)[C@H](CC(=O)O)NC(=O)[C@H](Cc1ccc(OCC(=O)O)cc1)NC(=O)[C@H](Cc1ccncc1)NC(=O)CSC[C@H](NC(=O)[C@@H](C)CO)C(=O)N[C@@H](CO)C(=O)O. The normalized spacial score (nSPS) is 13.8. The number of ketones is 1. The molecule has 0 radical (unpaired) electrons. The lowest BCUT2D eigenvalue weighted by Gasteiger charge is -2.26. The van der Waals surface area contributed by atoms with E-state index in [1.807, 2.05) is 13.0 Å². The number of benzene rings is 2. The summed E-state index contributed by atoms with van der Waals surface area (Å²) < 4.78 is 5.19. The molecule has 1 heterocycles. The molecule has 378 valence electrons. The number of Topliss-reactive ketones (excluding diaryl/α,β-unsaturated/α-hetero) is 1. The minimum atomic E-state index is -1.76. The molecule has 1 aromatic heterocycles. The van der Waals surface area contributed by atoms with E-state index in [0.717, 1.165) is 17.3 Å². The number of aromatic nitrogens is 1. The Bertz CT molecular complexity index is 2320.